The minimum Gasteiger partial charge on any atom is -0.493 e. The van der Waals surface area contributed by atoms with Crippen LogP contribution in [0.4, 0.5) is 0 Å². The standard InChI is InChI=1S/C22H30N2O4/c1-27-19-12-16-9-11-23(14-17(16)13-20(19)28-2)21(25)22(26)24-10-5-7-15-6-3-4-8-18(15)24/h12-13,15,18H,3-11,14H2,1-2H3. The minimum atomic E-state index is -0.355. The van der Waals surface area contributed by atoms with Crippen molar-refractivity contribution in [3.63, 3.8) is 0 Å². The monoisotopic (exact) mass is 386 g/mol. The molecule has 3 aliphatic rings. The highest BCUT2D eigenvalue weighted by atomic mass is 16.5. The maximum absolute atomic E-state index is 13.1. The van der Waals surface area contributed by atoms with Gasteiger partial charge in [0.15, 0.2) is 11.5 Å². The van der Waals surface area contributed by atoms with Crippen molar-refractivity contribution in [3.05, 3.63) is 23.3 Å². The highest BCUT2D eigenvalue weighted by molar-refractivity contribution is 6.35. The average Bonchev–Trinajstić information content (AvgIpc) is 2.76. The minimum absolute atomic E-state index is 0.264. The van der Waals surface area contributed by atoms with Gasteiger partial charge < -0.3 is 19.3 Å². The molecule has 1 saturated carbocycles. The number of carbonyl (C=O) groups excluding carboxylic acids is 2. The number of likely N-dealkylation sites (tertiary alicyclic amines) is 1. The highest BCUT2D eigenvalue weighted by Gasteiger charge is 2.39. The molecule has 2 amide bonds. The van der Waals surface area contributed by atoms with Crippen LogP contribution in [0.1, 0.15) is 49.7 Å². The molecule has 1 aliphatic carbocycles. The van der Waals surface area contributed by atoms with Gasteiger partial charge in [0.1, 0.15) is 0 Å². The average molecular weight is 386 g/mol. The SMILES string of the molecule is COc1cc2c(cc1OC)CN(C(=O)C(=O)N1CCCC3CCCCC31)CC2. The molecular weight excluding hydrogens is 356 g/mol. The second-order valence-electron chi connectivity index (χ2n) is 8.21. The predicted molar refractivity (Wildman–Crippen MR) is 105 cm³/mol. The molecule has 2 atom stereocenters. The van der Waals surface area contributed by atoms with Gasteiger partial charge in [-0.2, -0.15) is 0 Å². The lowest BCUT2D eigenvalue weighted by molar-refractivity contribution is -0.156. The van der Waals surface area contributed by atoms with E-state index >= 15 is 0 Å². The van der Waals surface area contributed by atoms with Crippen molar-refractivity contribution in [2.45, 2.75) is 57.5 Å². The van der Waals surface area contributed by atoms with E-state index in [1.807, 2.05) is 17.0 Å². The third-order valence-corrected chi connectivity index (χ3v) is 6.69. The number of methoxy groups -OCH3 is 2. The van der Waals surface area contributed by atoms with E-state index in [4.69, 9.17) is 9.47 Å². The molecule has 28 heavy (non-hydrogen) atoms. The maximum atomic E-state index is 13.1. The smallest absolute Gasteiger partial charge is 0.312 e. The van der Waals surface area contributed by atoms with Crippen molar-refractivity contribution in [1.29, 1.82) is 0 Å². The number of amides is 2. The first-order valence-electron chi connectivity index (χ1n) is 10.5. The number of nitrogens with zero attached hydrogens (tertiary/aromatic N) is 2. The number of fused-ring (bicyclic) bond motifs is 2. The van der Waals surface area contributed by atoms with E-state index in [2.05, 4.69) is 0 Å². The zero-order valence-electron chi connectivity index (χ0n) is 16.9. The van der Waals surface area contributed by atoms with E-state index in [9.17, 15) is 9.59 Å². The summed E-state index contributed by atoms with van der Waals surface area (Å²) in [5.74, 6) is 1.28. The third kappa shape index (κ3) is 3.45. The molecule has 0 radical (unpaired) electrons. The summed E-state index contributed by atoms with van der Waals surface area (Å²) >= 11 is 0. The summed E-state index contributed by atoms with van der Waals surface area (Å²) in [7, 11) is 3.23. The predicted octanol–water partition coefficient (Wildman–Crippen LogP) is 2.77. The Kier molecular flexibility index (Phi) is 5.47. The van der Waals surface area contributed by atoms with Gasteiger partial charge in [0.05, 0.1) is 14.2 Å². The lowest BCUT2D eigenvalue weighted by Crippen LogP contribution is -2.55. The van der Waals surface area contributed by atoms with Gasteiger partial charge in [-0.05, 0) is 61.3 Å². The van der Waals surface area contributed by atoms with Crippen LogP contribution in [0, 0.1) is 5.92 Å². The summed E-state index contributed by atoms with van der Waals surface area (Å²) in [5, 5.41) is 0. The molecule has 0 bridgehead atoms. The summed E-state index contributed by atoms with van der Waals surface area (Å²) in [6.07, 6.45) is 7.59. The number of piperidine rings is 1. The van der Waals surface area contributed by atoms with Crippen LogP contribution in [0.2, 0.25) is 0 Å². The van der Waals surface area contributed by atoms with Crippen molar-refractivity contribution < 1.29 is 19.1 Å². The Morgan fingerprint density at radius 3 is 2.32 bits per heavy atom. The Labute approximate surface area is 166 Å². The largest absolute Gasteiger partial charge is 0.493 e. The molecule has 6 heteroatoms. The number of rotatable bonds is 2. The summed E-state index contributed by atoms with van der Waals surface area (Å²) in [5.41, 5.74) is 2.18. The molecule has 2 aliphatic heterocycles. The quantitative estimate of drug-likeness (QED) is 0.734. The number of hydrogen-bond acceptors (Lipinski definition) is 4. The molecule has 152 valence electrons. The van der Waals surface area contributed by atoms with Crippen LogP contribution < -0.4 is 9.47 Å². The fourth-order valence-electron chi connectivity index (χ4n) is 5.19. The fourth-order valence-corrected chi connectivity index (χ4v) is 5.19. The van der Waals surface area contributed by atoms with Crippen molar-refractivity contribution in [1.82, 2.24) is 9.80 Å². The molecule has 0 aromatic heterocycles. The van der Waals surface area contributed by atoms with Gasteiger partial charge in [0.2, 0.25) is 0 Å². The van der Waals surface area contributed by atoms with E-state index in [-0.39, 0.29) is 17.9 Å². The third-order valence-electron chi connectivity index (χ3n) is 6.69. The van der Waals surface area contributed by atoms with Gasteiger partial charge in [-0.15, -0.1) is 0 Å². The van der Waals surface area contributed by atoms with Gasteiger partial charge in [0.25, 0.3) is 0 Å². The van der Waals surface area contributed by atoms with Gasteiger partial charge in [-0.25, -0.2) is 0 Å². The Morgan fingerprint density at radius 2 is 1.57 bits per heavy atom. The van der Waals surface area contributed by atoms with Crippen molar-refractivity contribution in [2.24, 2.45) is 5.92 Å². The maximum Gasteiger partial charge on any atom is 0.312 e. The first kappa shape index (κ1) is 19.1. The lowest BCUT2D eigenvalue weighted by Gasteiger charge is -2.44. The summed E-state index contributed by atoms with van der Waals surface area (Å²) in [6.45, 7) is 1.73. The van der Waals surface area contributed by atoms with E-state index < -0.39 is 0 Å². The summed E-state index contributed by atoms with van der Waals surface area (Å²) in [6, 6.07) is 4.17. The Balaban J connectivity index is 1.49. The molecule has 1 saturated heterocycles. The van der Waals surface area contributed by atoms with Crippen molar-refractivity contribution in [2.75, 3.05) is 27.3 Å². The van der Waals surface area contributed by atoms with E-state index in [0.717, 1.165) is 43.4 Å². The van der Waals surface area contributed by atoms with E-state index in [1.165, 1.54) is 19.3 Å². The number of hydrogen-bond donors (Lipinski definition) is 0. The second kappa shape index (κ2) is 8.02. The molecule has 0 N–H and O–H groups in total. The zero-order valence-corrected chi connectivity index (χ0v) is 16.9. The molecule has 1 aromatic rings. The second-order valence-corrected chi connectivity index (χ2v) is 8.21. The highest BCUT2D eigenvalue weighted by Crippen LogP contribution is 2.36. The number of carbonyl (C=O) groups is 2. The molecule has 6 nitrogen and oxygen atoms in total. The molecule has 4 rings (SSSR count). The van der Waals surface area contributed by atoms with Crippen molar-refractivity contribution in [3.8, 4) is 11.5 Å². The van der Waals surface area contributed by atoms with Gasteiger partial charge in [-0.3, -0.25) is 9.59 Å². The lowest BCUT2D eigenvalue weighted by atomic mass is 9.78. The van der Waals surface area contributed by atoms with Crippen LogP contribution in [0.3, 0.4) is 0 Å². The first-order valence-corrected chi connectivity index (χ1v) is 10.5. The number of benzene rings is 1. The van der Waals surface area contributed by atoms with Gasteiger partial charge >= 0.3 is 11.8 Å². The fraction of sp³-hybridized carbons (Fsp3) is 0.636. The molecule has 0 spiro atoms. The van der Waals surface area contributed by atoms with Crippen LogP contribution in [0.15, 0.2) is 12.1 Å². The molecular formula is C22H30N2O4. The van der Waals surface area contributed by atoms with Crippen LogP contribution >= 0.6 is 0 Å². The van der Waals surface area contributed by atoms with Gasteiger partial charge in [0, 0.05) is 25.7 Å². The Hall–Kier alpha value is -2.24. The van der Waals surface area contributed by atoms with Crippen LogP contribution in [-0.2, 0) is 22.6 Å². The Morgan fingerprint density at radius 1 is 0.893 bits per heavy atom. The molecule has 1 aromatic carbocycles. The molecule has 2 unspecified atom stereocenters. The zero-order chi connectivity index (χ0) is 19.7. The van der Waals surface area contributed by atoms with Gasteiger partial charge in [-0.1, -0.05) is 12.8 Å². The first-order chi connectivity index (χ1) is 13.6. The number of ether oxygens (including phenoxy) is 2. The normalized spacial score (nSPS) is 24.2. The summed E-state index contributed by atoms with van der Waals surface area (Å²) in [4.78, 5) is 29.7. The molecule has 2 fully saturated rings. The van der Waals surface area contributed by atoms with Crippen molar-refractivity contribution >= 4 is 11.8 Å². The summed E-state index contributed by atoms with van der Waals surface area (Å²) < 4.78 is 10.8. The topological polar surface area (TPSA) is 59.1 Å². The van der Waals surface area contributed by atoms with E-state index in [1.54, 1.807) is 19.1 Å². The van der Waals surface area contributed by atoms with E-state index in [0.29, 0.717) is 30.5 Å². The Bertz CT molecular complexity index is 761. The van der Waals surface area contributed by atoms with Crippen LogP contribution in [0.25, 0.3) is 0 Å². The van der Waals surface area contributed by atoms with Crippen LogP contribution in [0.5, 0.6) is 11.5 Å². The molecule has 2 heterocycles. The van der Waals surface area contributed by atoms with Crippen LogP contribution in [-0.4, -0.2) is 55.0 Å².